The molecule has 2 aromatic rings. The second-order valence-electron chi connectivity index (χ2n) is 4.09. The highest BCUT2D eigenvalue weighted by Gasteiger charge is 2.09. The Kier molecular flexibility index (Phi) is 4.06. The van der Waals surface area contributed by atoms with Crippen LogP contribution in [-0.2, 0) is 11.2 Å². The maximum atomic E-state index is 11.9. The summed E-state index contributed by atoms with van der Waals surface area (Å²) < 4.78 is 0.812. The molecule has 0 aromatic heterocycles. The van der Waals surface area contributed by atoms with Gasteiger partial charge in [0.05, 0.1) is 12.1 Å². The number of anilines is 2. The minimum atomic E-state index is -0.191. The van der Waals surface area contributed by atoms with E-state index >= 15 is 0 Å². The van der Waals surface area contributed by atoms with Gasteiger partial charge in [0.1, 0.15) is 5.75 Å². The van der Waals surface area contributed by atoms with Crippen LogP contribution in [0.15, 0.2) is 46.9 Å². The first kappa shape index (κ1) is 13.4. The summed E-state index contributed by atoms with van der Waals surface area (Å²) in [5, 5.41) is 12.2. The van der Waals surface area contributed by atoms with Gasteiger partial charge in [0, 0.05) is 10.2 Å². The summed E-state index contributed by atoms with van der Waals surface area (Å²) in [6, 6.07) is 11.9. The first-order valence-corrected chi connectivity index (χ1v) is 6.47. The number of nitrogens with one attached hydrogen (secondary N) is 1. The molecule has 0 aliphatic rings. The van der Waals surface area contributed by atoms with Crippen LogP contribution in [0.25, 0.3) is 0 Å². The van der Waals surface area contributed by atoms with Crippen molar-refractivity contribution < 1.29 is 9.90 Å². The molecule has 4 nitrogen and oxygen atoms in total. The first-order valence-electron chi connectivity index (χ1n) is 5.68. The Morgan fingerprint density at radius 1 is 1.26 bits per heavy atom. The fourth-order valence-corrected chi connectivity index (χ4v) is 2.06. The maximum Gasteiger partial charge on any atom is 0.228 e. The van der Waals surface area contributed by atoms with Crippen molar-refractivity contribution in [3.8, 4) is 5.75 Å². The van der Waals surface area contributed by atoms with E-state index in [0.717, 1.165) is 4.47 Å². The summed E-state index contributed by atoms with van der Waals surface area (Å²) in [5.41, 5.74) is 7.55. The SMILES string of the molecule is Nc1ccc(O)cc1CC(=O)Nc1ccccc1Br. The zero-order valence-corrected chi connectivity index (χ0v) is 11.6. The van der Waals surface area contributed by atoms with Crippen molar-refractivity contribution in [3.63, 3.8) is 0 Å². The number of nitrogens with two attached hydrogens (primary N) is 1. The summed E-state index contributed by atoms with van der Waals surface area (Å²) in [7, 11) is 0. The highest BCUT2D eigenvalue weighted by Crippen LogP contribution is 2.23. The number of aromatic hydroxyl groups is 1. The van der Waals surface area contributed by atoms with Crippen molar-refractivity contribution in [3.05, 3.63) is 52.5 Å². The normalized spacial score (nSPS) is 10.2. The number of amides is 1. The molecule has 0 aliphatic heterocycles. The lowest BCUT2D eigenvalue weighted by Gasteiger charge is -2.09. The predicted molar refractivity (Wildman–Crippen MR) is 79.0 cm³/mol. The number of nitrogen functional groups attached to an aromatic ring is 1. The fraction of sp³-hybridized carbons (Fsp3) is 0.0714. The van der Waals surface area contributed by atoms with Crippen molar-refractivity contribution in [2.75, 3.05) is 11.1 Å². The Labute approximate surface area is 119 Å². The monoisotopic (exact) mass is 320 g/mol. The average Bonchev–Trinajstić information content (AvgIpc) is 2.37. The number of benzene rings is 2. The van der Waals surface area contributed by atoms with Gasteiger partial charge in [0.2, 0.25) is 5.91 Å². The maximum absolute atomic E-state index is 11.9. The zero-order valence-electron chi connectivity index (χ0n) is 10.1. The summed E-state index contributed by atoms with van der Waals surface area (Å²) in [5.74, 6) is -0.0953. The number of para-hydroxylation sites is 1. The second-order valence-corrected chi connectivity index (χ2v) is 4.94. The quantitative estimate of drug-likeness (QED) is 0.601. The van der Waals surface area contributed by atoms with Crippen molar-refractivity contribution in [2.24, 2.45) is 0 Å². The van der Waals surface area contributed by atoms with Gasteiger partial charge in [-0.1, -0.05) is 12.1 Å². The number of carbonyl (C=O) groups excluding carboxylic acids is 1. The van der Waals surface area contributed by atoms with Crippen molar-refractivity contribution in [1.29, 1.82) is 0 Å². The van der Waals surface area contributed by atoms with Gasteiger partial charge in [-0.3, -0.25) is 4.79 Å². The zero-order chi connectivity index (χ0) is 13.8. The standard InChI is InChI=1S/C14H13BrN2O2/c15-11-3-1-2-4-13(11)17-14(19)8-9-7-10(18)5-6-12(9)16/h1-7,18H,8,16H2,(H,17,19). The van der Waals surface area contributed by atoms with Gasteiger partial charge in [0.15, 0.2) is 0 Å². The third-order valence-electron chi connectivity index (χ3n) is 2.63. The van der Waals surface area contributed by atoms with Crippen molar-refractivity contribution in [1.82, 2.24) is 0 Å². The van der Waals surface area contributed by atoms with E-state index < -0.39 is 0 Å². The molecule has 0 saturated heterocycles. The number of phenolic OH excluding ortho intramolecular Hbond substituents is 1. The summed E-state index contributed by atoms with van der Waals surface area (Å²) in [6.07, 6.45) is 0.113. The number of rotatable bonds is 3. The van der Waals surface area contributed by atoms with E-state index in [1.807, 2.05) is 18.2 Å². The van der Waals surface area contributed by atoms with E-state index in [0.29, 0.717) is 16.9 Å². The molecule has 0 radical (unpaired) electrons. The number of carbonyl (C=O) groups is 1. The topological polar surface area (TPSA) is 75.3 Å². The van der Waals surface area contributed by atoms with E-state index in [2.05, 4.69) is 21.2 Å². The van der Waals surface area contributed by atoms with Gasteiger partial charge in [-0.2, -0.15) is 0 Å². The minimum Gasteiger partial charge on any atom is -0.508 e. The first-order chi connectivity index (χ1) is 9.06. The molecule has 4 N–H and O–H groups in total. The summed E-state index contributed by atoms with van der Waals surface area (Å²) in [4.78, 5) is 11.9. The molecule has 0 heterocycles. The number of halogens is 1. The van der Waals surface area contributed by atoms with Gasteiger partial charge in [-0.05, 0) is 51.8 Å². The van der Waals surface area contributed by atoms with Crippen LogP contribution in [0.1, 0.15) is 5.56 Å². The van der Waals surface area contributed by atoms with Crippen LogP contribution in [0.4, 0.5) is 11.4 Å². The molecule has 2 aromatic carbocycles. The third kappa shape index (κ3) is 3.48. The van der Waals surface area contributed by atoms with Crippen LogP contribution in [0.3, 0.4) is 0 Å². The number of hydrogen-bond acceptors (Lipinski definition) is 3. The van der Waals surface area contributed by atoms with Crippen molar-refractivity contribution >= 4 is 33.2 Å². The van der Waals surface area contributed by atoms with Crippen molar-refractivity contribution in [2.45, 2.75) is 6.42 Å². The lowest BCUT2D eigenvalue weighted by molar-refractivity contribution is -0.115. The smallest absolute Gasteiger partial charge is 0.228 e. The Bertz CT molecular complexity index is 614. The molecular formula is C14H13BrN2O2. The molecule has 1 amide bonds. The van der Waals surface area contributed by atoms with Gasteiger partial charge in [-0.15, -0.1) is 0 Å². The van der Waals surface area contributed by atoms with Crippen LogP contribution in [0, 0.1) is 0 Å². The van der Waals surface area contributed by atoms with Crippen LogP contribution in [0.2, 0.25) is 0 Å². The van der Waals surface area contributed by atoms with E-state index in [9.17, 15) is 9.90 Å². The van der Waals surface area contributed by atoms with Crippen LogP contribution >= 0.6 is 15.9 Å². The van der Waals surface area contributed by atoms with Crippen LogP contribution in [-0.4, -0.2) is 11.0 Å². The Hall–Kier alpha value is -2.01. The lowest BCUT2D eigenvalue weighted by Crippen LogP contribution is -2.15. The molecule has 0 atom stereocenters. The Morgan fingerprint density at radius 3 is 2.74 bits per heavy atom. The molecule has 0 bridgehead atoms. The molecule has 0 unspecified atom stereocenters. The van der Waals surface area contributed by atoms with E-state index in [-0.39, 0.29) is 18.1 Å². The Morgan fingerprint density at radius 2 is 2.00 bits per heavy atom. The van der Waals surface area contributed by atoms with Gasteiger partial charge in [-0.25, -0.2) is 0 Å². The second kappa shape index (κ2) is 5.75. The molecule has 0 saturated carbocycles. The third-order valence-corrected chi connectivity index (χ3v) is 3.32. The molecule has 5 heteroatoms. The van der Waals surface area contributed by atoms with E-state index in [4.69, 9.17) is 5.73 Å². The van der Waals surface area contributed by atoms with E-state index in [1.165, 1.54) is 12.1 Å². The summed E-state index contributed by atoms with van der Waals surface area (Å²) >= 11 is 3.36. The molecule has 0 aliphatic carbocycles. The fourth-order valence-electron chi connectivity index (χ4n) is 1.68. The van der Waals surface area contributed by atoms with Gasteiger partial charge in [0.25, 0.3) is 0 Å². The molecule has 0 spiro atoms. The largest absolute Gasteiger partial charge is 0.508 e. The minimum absolute atomic E-state index is 0.0953. The lowest BCUT2D eigenvalue weighted by atomic mass is 10.1. The van der Waals surface area contributed by atoms with Gasteiger partial charge >= 0.3 is 0 Å². The Balaban J connectivity index is 2.10. The predicted octanol–water partition coefficient (Wildman–Crippen LogP) is 2.92. The van der Waals surface area contributed by atoms with E-state index in [1.54, 1.807) is 12.1 Å². The highest BCUT2D eigenvalue weighted by atomic mass is 79.9. The molecular weight excluding hydrogens is 308 g/mol. The molecule has 19 heavy (non-hydrogen) atoms. The van der Waals surface area contributed by atoms with Gasteiger partial charge < -0.3 is 16.2 Å². The van der Waals surface area contributed by atoms with Crippen LogP contribution in [0.5, 0.6) is 5.75 Å². The number of phenols is 1. The van der Waals surface area contributed by atoms with Crippen LogP contribution < -0.4 is 11.1 Å². The number of hydrogen-bond donors (Lipinski definition) is 3. The average molecular weight is 321 g/mol. The molecule has 0 fully saturated rings. The molecule has 2 rings (SSSR count). The highest BCUT2D eigenvalue weighted by molar-refractivity contribution is 9.10. The summed E-state index contributed by atoms with van der Waals surface area (Å²) in [6.45, 7) is 0. The molecule has 98 valence electrons.